The van der Waals surface area contributed by atoms with Crippen molar-refractivity contribution in [2.24, 2.45) is 5.41 Å². The van der Waals surface area contributed by atoms with Crippen molar-refractivity contribution in [1.29, 1.82) is 0 Å². The predicted octanol–water partition coefficient (Wildman–Crippen LogP) is 1.54. The Balaban J connectivity index is 2.49. The molecule has 72 valence electrons. The summed E-state index contributed by atoms with van der Waals surface area (Å²) in [5.74, 6) is 0.188. The normalized spacial score (nSPS) is 29.1. The van der Waals surface area contributed by atoms with Crippen LogP contribution in [0.25, 0.3) is 0 Å². The van der Waals surface area contributed by atoms with Crippen LogP contribution < -0.4 is 0 Å². The molecule has 1 aliphatic rings. The Bertz CT molecular complexity index is 248. The lowest BCUT2D eigenvalue weighted by Gasteiger charge is -2.20. The highest BCUT2D eigenvalue weighted by atomic mass is 32.2. The topological polar surface area (TPSA) is 43.4 Å². The van der Waals surface area contributed by atoms with E-state index in [0.29, 0.717) is 6.42 Å². The van der Waals surface area contributed by atoms with E-state index in [2.05, 4.69) is 20.8 Å². The molecule has 0 radical (unpaired) electrons. The van der Waals surface area contributed by atoms with E-state index in [0.717, 1.165) is 6.42 Å². The molecule has 0 aromatic carbocycles. The van der Waals surface area contributed by atoms with Crippen molar-refractivity contribution in [2.75, 3.05) is 5.75 Å². The minimum absolute atomic E-state index is 0.0880. The van der Waals surface area contributed by atoms with Gasteiger partial charge in [-0.3, -0.25) is 4.18 Å². The third-order valence-electron chi connectivity index (χ3n) is 1.81. The molecule has 0 spiro atoms. The molecule has 1 fully saturated rings. The van der Waals surface area contributed by atoms with E-state index in [1.54, 1.807) is 0 Å². The van der Waals surface area contributed by atoms with Crippen molar-refractivity contribution in [1.82, 2.24) is 0 Å². The third kappa shape index (κ3) is 3.11. The lowest BCUT2D eigenvalue weighted by atomic mass is 9.88. The van der Waals surface area contributed by atoms with Crippen molar-refractivity contribution in [3.05, 3.63) is 0 Å². The Labute approximate surface area is 74.2 Å². The van der Waals surface area contributed by atoms with E-state index in [1.807, 2.05) is 0 Å². The first-order chi connectivity index (χ1) is 5.29. The summed E-state index contributed by atoms with van der Waals surface area (Å²) in [5.41, 5.74) is 0.143. The van der Waals surface area contributed by atoms with Gasteiger partial charge in [0.25, 0.3) is 10.1 Å². The average Bonchev–Trinajstić information content (AvgIpc) is 2.05. The third-order valence-corrected chi connectivity index (χ3v) is 3.11. The maximum absolute atomic E-state index is 10.9. The van der Waals surface area contributed by atoms with Crippen LogP contribution in [0.2, 0.25) is 0 Å². The zero-order valence-corrected chi connectivity index (χ0v) is 8.65. The minimum atomic E-state index is -3.17. The Morgan fingerprint density at radius 1 is 1.42 bits per heavy atom. The van der Waals surface area contributed by atoms with Crippen LogP contribution in [0.4, 0.5) is 0 Å². The summed E-state index contributed by atoms with van der Waals surface area (Å²) < 4.78 is 26.7. The molecule has 1 atom stereocenters. The van der Waals surface area contributed by atoms with Gasteiger partial charge in [-0.05, 0) is 18.3 Å². The second-order valence-electron chi connectivity index (χ2n) is 4.53. The van der Waals surface area contributed by atoms with Crippen LogP contribution in [0.15, 0.2) is 0 Å². The van der Waals surface area contributed by atoms with Gasteiger partial charge in [0.05, 0.1) is 11.9 Å². The largest absolute Gasteiger partial charge is 0.267 e. The van der Waals surface area contributed by atoms with E-state index >= 15 is 0 Å². The highest BCUT2D eigenvalue weighted by Gasteiger charge is 2.31. The number of hydrogen-bond acceptors (Lipinski definition) is 3. The van der Waals surface area contributed by atoms with Gasteiger partial charge in [0.2, 0.25) is 0 Å². The zero-order chi connectivity index (χ0) is 9.41. The molecule has 0 N–H and O–H groups in total. The Morgan fingerprint density at radius 2 is 2.00 bits per heavy atom. The summed E-state index contributed by atoms with van der Waals surface area (Å²) >= 11 is 0. The van der Waals surface area contributed by atoms with Gasteiger partial charge in [-0.2, -0.15) is 8.42 Å². The van der Waals surface area contributed by atoms with E-state index in [1.165, 1.54) is 0 Å². The van der Waals surface area contributed by atoms with E-state index in [4.69, 9.17) is 4.18 Å². The lowest BCUT2D eigenvalue weighted by Crippen LogP contribution is -2.17. The van der Waals surface area contributed by atoms with Crippen molar-refractivity contribution < 1.29 is 12.6 Å². The molecule has 1 rings (SSSR count). The molecular weight excluding hydrogens is 176 g/mol. The van der Waals surface area contributed by atoms with Crippen molar-refractivity contribution in [3.63, 3.8) is 0 Å². The van der Waals surface area contributed by atoms with Crippen LogP contribution >= 0.6 is 0 Å². The number of hydrogen-bond donors (Lipinski definition) is 0. The summed E-state index contributed by atoms with van der Waals surface area (Å²) in [6.45, 7) is 6.25. The SMILES string of the molecule is CC(C)(C)C[C@H]1CCS(=O)(=O)O1. The summed E-state index contributed by atoms with van der Waals surface area (Å²) in [6.07, 6.45) is 1.38. The highest BCUT2D eigenvalue weighted by Crippen LogP contribution is 2.28. The second kappa shape index (κ2) is 3.00. The number of rotatable bonds is 1. The Kier molecular flexibility index (Phi) is 2.50. The molecule has 1 saturated heterocycles. The lowest BCUT2D eigenvalue weighted by molar-refractivity contribution is 0.170. The van der Waals surface area contributed by atoms with Crippen LogP contribution in [-0.2, 0) is 14.3 Å². The van der Waals surface area contributed by atoms with Crippen molar-refractivity contribution in [2.45, 2.75) is 39.7 Å². The van der Waals surface area contributed by atoms with Crippen molar-refractivity contribution >= 4 is 10.1 Å². The van der Waals surface area contributed by atoms with Gasteiger partial charge in [-0.25, -0.2) is 0 Å². The molecule has 0 saturated carbocycles. The Hall–Kier alpha value is -0.0900. The van der Waals surface area contributed by atoms with Gasteiger partial charge in [-0.15, -0.1) is 0 Å². The highest BCUT2D eigenvalue weighted by molar-refractivity contribution is 7.86. The molecule has 0 aromatic heterocycles. The van der Waals surface area contributed by atoms with Gasteiger partial charge >= 0.3 is 0 Å². The summed E-state index contributed by atoms with van der Waals surface area (Å²) in [7, 11) is -3.17. The van der Waals surface area contributed by atoms with Crippen molar-refractivity contribution in [3.8, 4) is 0 Å². The average molecular weight is 192 g/mol. The fourth-order valence-corrected chi connectivity index (χ4v) is 2.63. The molecule has 0 aromatic rings. The standard InChI is InChI=1S/C8H16O3S/c1-8(2,3)6-7-4-5-12(9,10)11-7/h7H,4-6H2,1-3H3/t7-/m1/s1. The van der Waals surface area contributed by atoms with Crippen LogP contribution in [0.3, 0.4) is 0 Å². The van der Waals surface area contributed by atoms with Gasteiger partial charge in [0.15, 0.2) is 0 Å². The maximum atomic E-state index is 10.9. The minimum Gasteiger partial charge on any atom is -0.267 e. The van der Waals surface area contributed by atoms with Crippen LogP contribution in [0, 0.1) is 5.41 Å². The molecule has 0 aliphatic carbocycles. The molecule has 0 amide bonds. The fourth-order valence-electron chi connectivity index (χ4n) is 1.40. The first-order valence-corrected chi connectivity index (χ1v) is 5.77. The molecule has 0 unspecified atom stereocenters. The van der Waals surface area contributed by atoms with Crippen LogP contribution in [0.1, 0.15) is 33.6 Å². The molecule has 3 nitrogen and oxygen atoms in total. The van der Waals surface area contributed by atoms with E-state index < -0.39 is 10.1 Å². The van der Waals surface area contributed by atoms with Gasteiger partial charge < -0.3 is 0 Å². The quantitative estimate of drug-likeness (QED) is 0.592. The Morgan fingerprint density at radius 3 is 2.33 bits per heavy atom. The molecular formula is C8H16O3S. The van der Waals surface area contributed by atoms with Crippen LogP contribution in [-0.4, -0.2) is 20.3 Å². The van der Waals surface area contributed by atoms with Gasteiger partial charge in [-0.1, -0.05) is 20.8 Å². The molecule has 1 aliphatic heterocycles. The zero-order valence-electron chi connectivity index (χ0n) is 7.83. The summed E-state index contributed by atoms with van der Waals surface area (Å²) in [6, 6.07) is 0. The summed E-state index contributed by atoms with van der Waals surface area (Å²) in [4.78, 5) is 0. The second-order valence-corrected chi connectivity index (χ2v) is 6.25. The monoisotopic (exact) mass is 192 g/mol. The first-order valence-electron chi connectivity index (χ1n) is 4.19. The van der Waals surface area contributed by atoms with Crippen LogP contribution in [0.5, 0.6) is 0 Å². The molecule has 1 heterocycles. The van der Waals surface area contributed by atoms with E-state index in [9.17, 15) is 8.42 Å². The molecule has 12 heavy (non-hydrogen) atoms. The summed E-state index contributed by atoms with van der Waals surface area (Å²) in [5, 5.41) is 0. The fraction of sp³-hybridized carbons (Fsp3) is 1.00. The molecule has 0 bridgehead atoms. The maximum Gasteiger partial charge on any atom is 0.267 e. The van der Waals surface area contributed by atoms with Gasteiger partial charge in [0, 0.05) is 0 Å². The first kappa shape index (κ1) is 9.99. The molecule has 4 heteroatoms. The smallest absolute Gasteiger partial charge is 0.267 e. The predicted molar refractivity (Wildman–Crippen MR) is 47.3 cm³/mol. The van der Waals surface area contributed by atoms with E-state index in [-0.39, 0.29) is 17.3 Å². The van der Waals surface area contributed by atoms with Gasteiger partial charge in [0.1, 0.15) is 0 Å².